The number of amides is 1. The third-order valence-electron chi connectivity index (χ3n) is 3.99. The molecule has 0 spiro atoms. The molecule has 0 unspecified atom stereocenters. The van der Waals surface area contributed by atoms with Crippen molar-refractivity contribution in [3.63, 3.8) is 0 Å². The Morgan fingerprint density at radius 2 is 2.48 bits per heavy atom. The number of aryl methyl sites for hydroxylation is 2. The smallest absolute Gasteiger partial charge is 0.223 e. The minimum absolute atomic E-state index is 0.0228. The maximum atomic E-state index is 12.3. The molecule has 112 valence electrons. The van der Waals surface area contributed by atoms with Gasteiger partial charge in [-0.15, -0.1) is 11.3 Å². The fraction of sp³-hybridized carbons (Fsp3) is 0.500. The van der Waals surface area contributed by atoms with Gasteiger partial charge in [-0.3, -0.25) is 4.79 Å². The van der Waals surface area contributed by atoms with Gasteiger partial charge in [-0.2, -0.15) is 0 Å². The second-order valence-electron chi connectivity index (χ2n) is 5.88. The summed E-state index contributed by atoms with van der Waals surface area (Å²) in [6.45, 7) is 4.86. The first-order valence-electron chi connectivity index (χ1n) is 7.47. The van der Waals surface area contributed by atoms with E-state index in [1.807, 2.05) is 19.9 Å². The molecule has 1 amide bonds. The van der Waals surface area contributed by atoms with E-state index in [9.17, 15) is 4.79 Å². The highest BCUT2D eigenvalue weighted by atomic mass is 32.1. The molecule has 0 bridgehead atoms. The number of nitrogens with zero attached hydrogens (tertiary/aromatic N) is 2. The topological polar surface area (TPSA) is 46.9 Å². The number of nitrogens with one attached hydrogen (secondary N) is 1. The summed E-state index contributed by atoms with van der Waals surface area (Å²) in [7, 11) is 0. The number of aromatic nitrogens is 2. The lowest BCUT2D eigenvalue weighted by Crippen LogP contribution is -2.43. The lowest BCUT2D eigenvalue weighted by atomic mass is 10.0. The molecule has 1 aliphatic rings. The SMILES string of the molecule is Cc1cn2c(n1)CC[C@@H](NC(=O)[C@H](C)Cc1cccs1)C2. The lowest BCUT2D eigenvalue weighted by molar-refractivity contribution is -0.125. The van der Waals surface area contributed by atoms with Crippen molar-refractivity contribution < 1.29 is 4.79 Å². The Bertz CT molecular complexity index is 618. The largest absolute Gasteiger partial charge is 0.351 e. The van der Waals surface area contributed by atoms with Crippen molar-refractivity contribution in [3.8, 4) is 0 Å². The van der Waals surface area contributed by atoms with Gasteiger partial charge in [0, 0.05) is 36.0 Å². The van der Waals surface area contributed by atoms with Crippen LogP contribution in [-0.2, 0) is 24.2 Å². The summed E-state index contributed by atoms with van der Waals surface area (Å²) < 4.78 is 2.17. The molecule has 1 aliphatic heterocycles. The Morgan fingerprint density at radius 3 is 3.24 bits per heavy atom. The molecule has 2 atom stereocenters. The van der Waals surface area contributed by atoms with E-state index in [0.717, 1.165) is 37.3 Å². The Labute approximate surface area is 129 Å². The van der Waals surface area contributed by atoms with E-state index in [1.165, 1.54) is 4.88 Å². The Balaban J connectivity index is 1.56. The van der Waals surface area contributed by atoms with Gasteiger partial charge in [0.05, 0.1) is 5.69 Å². The van der Waals surface area contributed by atoms with Crippen molar-refractivity contribution in [2.45, 2.75) is 45.7 Å². The number of hydrogen-bond donors (Lipinski definition) is 1. The summed E-state index contributed by atoms with van der Waals surface area (Å²) in [6, 6.07) is 4.36. The van der Waals surface area contributed by atoms with Gasteiger partial charge in [-0.1, -0.05) is 13.0 Å². The molecule has 3 rings (SSSR count). The number of rotatable bonds is 4. The van der Waals surface area contributed by atoms with Crippen molar-refractivity contribution in [1.29, 1.82) is 0 Å². The molecule has 1 N–H and O–H groups in total. The highest BCUT2D eigenvalue weighted by molar-refractivity contribution is 7.09. The van der Waals surface area contributed by atoms with E-state index < -0.39 is 0 Å². The van der Waals surface area contributed by atoms with Gasteiger partial charge in [0.1, 0.15) is 5.82 Å². The van der Waals surface area contributed by atoms with Crippen LogP contribution in [0.2, 0.25) is 0 Å². The van der Waals surface area contributed by atoms with E-state index in [0.29, 0.717) is 0 Å². The molecular weight excluding hydrogens is 282 g/mol. The quantitative estimate of drug-likeness (QED) is 0.943. The fourth-order valence-corrected chi connectivity index (χ4v) is 3.71. The summed E-state index contributed by atoms with van der Waals surface area (Å²) in [5, 5.41) is 5.26. The molecule has 0 radical (unpaired) electrons. The van der Waals surface area contributed by atoms with Gasteiger partial charge >= 0.3 is 0 Å². The van der Waals surface area contributed by atoms with Crippen LogP contribution in [0.1, 0.15) is 29.7 Å². The minimum atomic E-state index is 0.0228. The van der Waals surface area contributed by atoms with Gasteiger partial charge in [-0.25, -0.2) is 4.98 Å². The average molecular weight is 303 g/mol. The third-order valence-corrected chi connectivity index (χ3v) is 4.89. The highest BCUT2D eigenvalue weighted by Gasteiger charge is 2.23. The van der Waals surface area contributed by atoms with Crippen molar-refractivity contribution in [3.05, 3.63) is 40.1 Å². The Kier molecular flexibility index (Phi) is 4.10. The van der Waals surface area contributed by atoms with E-state index in [-0.39, 0.29) is 17.9 Å². The first kappa shape index (κ1) is 14.3. The average Bonchev–Trinajstić information content (AvgIpc) is 3.06. The zero-order valence-corrected chi connectivity index (χ0v) is 13.3. The van der Waals surface area contributed by atoms with Crippen LogP contribution in [0, 0.1) is 12.8 Å². The normalized spacial score (nSPS) is 19.0. The van der Waals surface area contributed by atoms with Crippen LogP contribution in [0.4, 0.5) is 0 Å². The van der Waals surface area contributed by atoms with E-state index in [1.54, 1.807) is 11.3 Å². The molecule has 21 heavy (non-hydrogen) atoms. The monoisotopic (exact) mass is 303 g/mol. The summed E-state index contributed by atoms with van der Waals surface area (Å²) in [5.74, 6) is 1.33. The van der Waals surface area contributed by atoms with Gasteiger partial charge in [-0.05, 0) is 31.2 Å². The number of fused-ring (bicyclic) bond motifs is 1. The third kappa shape index (κ3) is 3.35. The van der Waals surface area contributed by atoms with Gasteiger partial charge in [0.25, 0.3) is 0 Å². The van der Waals surface area contributed by atoms with Crippen LogP contribution in [0.3, 0.4) is 0 Å². The molecule has 4 nitrogen and oxygen atoms in total. The fourth-order valence-electron chi connectivity index (χ4n) is 2.87. The maximum Gasteiger partial charge on any atom is 0.223 e. The zero-order chi connectivity index (χ0) is 14.8. The van der Waals surface area contributed by atoms with Crippen LogP contribution in [-0.4, -0.2) is 21.5 Å². The summed E-state index contributed by atoms with van der Waals surface area (Å²) in [6.07, 6.45) is 4.82. The van der Waals surface area contributed by atoms with E-state index in [2.05, 4.69) is 32.5 Å². The predicted molar refractivity (Wildman–Crippen MR) is 84.4 cm³/mol. The van der Waals surface area contributed by atoms with Gasteiger partial charge in [0.2, 0.25) is 5.91 Å². The van der Waals surface area contributed by atoms with E-state index >= 15 is 0 Å². The highest BCUT2D eigenvalue weighted by Crippen LogP contribution is 2.17. The number of hydrogen-bond acceptors (Lipinski definition) is 3. The first-order valence-corrected chi connectivity index (χ1v) is 8.35. The number of thiophene rings is 1. The first-order chi connectivity index (χ1) is 10.1. The van der Waals surface area contributed by atoms with Crippen LogP contribution in [0.5, 0.6) is 0 Å². The second-order valence-corrected chi connectivity index (χ2v) is 6.91. The molecule has 0 saturated carbocycles. The molecule has 0 saturated heterocycles. The molecular formula is C16H21N3OS. The molecule has 5 heteroatoms. The van der Waals surface area contributed by atoms with Crippen LogP contribution >= 0.6 is 11.3 Å². The standard InChI is InChI=1S/C16H21N3OS/c1-11(8-14-4-3-7-21-14)16(20)18-13-5-6-15-17-12(2)9-19(15)10-13/h3-4,7,9,11,13H,5-6,8,10H2,1-2H3,(H,18,20)/t11-,13-/m1/s1. The van der Waals surface area contributed by atoms with Crippen molar-refractivity contribution in [2.75, 3.05) is 0 Å². The Hall–Kier alpha value is -1.62. The van der Waals surface area contributed by atoms with Crippen LogP contribution < -0.4 is 5.32 Å². The van der Waals surface area contributed by atoms with Crippen LogP contribution in [0.25, 0.3) is 0 Å². The van der Waals surface area contributed by atoms with Gasteiger partial charge in [0.15, 0.2) is 0 Å². The molecule has 0 fully saturated rings. The van der Waals surface area contributed by atoms with Crippen molar-refractivity contribution in [2.24, 2.45) is 5.92 Å². The van der Waals surface area contributed by atoms with E-state index in [4.69, 9.17) is 0 Å². The number of carbonyl (C=O) groups is 1. The lowest BCUT2D eigenvalue weighted by Gasteiger charge is -2.26. The maximum absolute atomic E-state index is 12.3. The van der Waals surface area contributed by atoms with Gasteiger partial charge < -0.3 is 9.88 Å². The predicted octanol–water partition coefficient (Wildman–Crippen LogP) is 2.56. The molecule has 0 aromatic carbocycles. The van der Waals surface area contributed by atoms with Crippen molar-refractivity contribution >= 4 is 17.2 Å². The van der Waals surface area contributed by atoms with Crippen LogP contribution in [0.15, 0.2) is 23.7 Å². The minimum Gasteiger partial charge on any atom is -0.351 e. The second kappa shape index (κ2) is 6.02. The molecule has 2 aromatic rings. The number of imidazole rings is 1. The molecule has 3 heterocycles. The number of carbonyl (C=O) groups excluding carboxylic acids is 1. The summed E-state index contributed by atoms with van der Waals surface area (Å²) in [5.41, 5.74) is 1.06. The summed E-state index contributed by atoms with van der Waals surface area (Å²) in [4.78, 5) is 18.1. The van der Waals surface area contributed by atoms with Crippen molar-refractivity contribution in [1.82, 2.24) is 14.9 Å². The molecule has 2 aromatic heterocycles. The molecule has 0 aliphatic carbocycles. The summed E-state index contributed by atoms with van der Waals surface area (Å²) >= 11 is 1.72. The zero-order valence-electron chi connectivity index (χ0n) is 12.5. The Morgan fingerprint density at radius 1 is 1.62 bits per heavy atom.